The third kappa shape index (κ3) is 3.54. The Morgan fingerprint density at radius 1 is 1.08 bits per heavy atom. The number of hydrogen-bond acceptors (Lipinski definition) is 5. The lowest BCUT2D eigenvalue weighted by atomic mass is 9.87. The summed E-state index contributed by atoms with van der Waals surface area (Å²) in [5.41, 5.74) is 0.450. The second-order valence-electron chi connectivity index (χ2n) is 5.84. The first-order valence-corrected chi connectivity index (χ1v) is 9.01. The highest BCUT2D eigenvalue weighted by molar-refractivity contribution is 8.93. The molecule has 26 heavy (non-hydrogen) atoms. The van der Waals surface area contributed by atoms with E-state index in [1.54, 1.807) is 0 Å². The molecule has 1 aliphatic rings. The van der Waals surface area contributed by atoms with E-state index in [2.05, 4.69) is 5.32 Å². The molecule has 0 radical (unpaired) electrons. The average molecular weight is 451 g/mol. The molecular formula is C16H17BrF2N2O4S. The molecule has 1 heterocycles. The van der Waals surface area contributed by atoms with E-state index in [1.807, 2.05) is 0 Å². The van der Waals surface area contributed by atoms with Crippen molar-refractivity contribution in [3.8, 4) is 11.5 Å². The van der Waals surface area contributed by atoms with Crippen molar-refractivity contribution in [3.05, 3.63) is 52.6 Å². The summed E-state index contributed by atoms with van der Waals surface area (Å²) in [6, 6.07) is 5.48. The van der Waals surface area contributed by atoms with E-state index in [0.29, 0.717) is 12.1 Å². The largest absolute Gasteiger partial charge is 0.502 e. The van der Waals surface area contributed by atoms with Crippen molar-refractivity contribution >= 4 is 27.0 Å². The molecule has 2 aromatic carbocycles. The van der Waals surface area contributed by atoms with Crippen LogP contribution >= 0.6 is 17.0 Å². The second-order valence-corrected chi connectivity index (χ2v) is 7.40. The summed E-state index contributed by atoms with van der Waals surface area (Å²) >= 11 is 0. The van der Waals surface area contributed by atoms with Crippen LogP contribution < -0.4 is 10.5 Å². The quantitative estimate of drug-likeness (QED) is 0.521. The predicted molar refractivity (Wildman–Crippen MR) is 96.2 cm³/mol. The SMILES string of the molecule is Br.NS(=O)(=O)c1ccc(C2CNCCc3c(F)c(O)c(O)c(F)c32)cc1. The van der Waals surface area contributed by atoms with Crippen molar-refractivity contribution in [2.45, 2.75) is 17.2 Å². The Morgan fingerprint density at radius 3 is 2.23 bits per heavy atom. The molecule has 0 bridgehead atoms. The molecule has 10 heteroatoms. The van der Waals surface area contributed by atoms with E-state index in [0.717, 1.165) is 0 Å². The molecule has 0 amide bonds. The van der Waals surface area contributed by atoms with Gasteiger partial charge in [0.1, 0.15) is 0 Å². The highest BCUT2D eigenvalue weighted by Gasteiger charge is 2.31. The molecule has 0 spiro atoms. The lowest BCUT2D eigenvalue weighted by Gasteiger charge is -2.20. The van der Waals surface area contributed by atoms with E-state index in [9.17, 15) is 27.4 Å². The summed E-state index contributed by atoms with van der Waals surface area (Å²) in [5, 5.41) is 27.3. The van der Waals surface area contributed by atoms with E-state index in [-0.39, 0.29) is 46.0 Å². The van der Waals surface area contributed by atoms with Crippen LogP contribution in [0, 0.1) is 11.6 Å². The van der Waals surface area contributed by atoms with Gasteiger partial charge >= 0.3 is 0 Å². The maximum Gasteiger partial charge on any atom is 0.238 e. The Hall–Kier alpha value is -1.75. The van der Waals surface area contributed by atoms with Gasteiger partial charge in [0, 0.05) is 23.6 Å². The van der Waals surface area contributed by atoms with Gasteiger partial charge in [-0.1, -0.05) is 12.1 Å². The van der Waals surface area contributed by atoms with Gasteiger partial charge in [0.15, 0.2) is 23.1 Å². The van der Waals surface area contributed by atoms with Gasteiger partial charge in [-0.05, 0) is 30.7 Å². The van der Waals surface area contributed by atoms with Crippen LogP contribution in [-0.2, 0) is 16.4 Å². The molecule has 0 saturated heterocycles. The van der Waals surface area contributed by atoms with Gasteiger partial charge in [-0.25, -0.2) is 22.3 Å². The number of primary sulfonamides is 1. The third-order valence-electron chi connectivity index (χ3n) is 4.33. The third-order valence-corrected chi connectivity index (χ3v) is 5.26. The summed E-state index contributed by atoms with van der Waals surface area (Å²) in [4.78, 5) is -0.0988. The van der Waals surface area contributed by atoms with E-state index >= 15 is 0 Å². The van der Waals surface area contributed by atoms with Crippen LogP contribution in [0.2, 0.25) is 0 Å². The Morgan fingerprint density at radius 2 is 1.65 bits per heavy atom. The van der Waals surface area contributed by atoms with Crippen LogP contribution in [0.25, 0.3) is 0 Å². The van der Waals surface area contributed by atoms with Gasteiger partial charge in [0.25, 0.3) is 0 Å². The Bertz CT molecular complexity index is 937. The smallest absolute Gasteiger partial charge is 0.238 e. The highest BCUT2D eigenvalue weighted by atomic mass is 79.9. The Kier molecular flexibility index (Phi) is 5.91. The van der Waals surface area contributed by atoms with Crippen molar-refractivity contribution < 1.29 is 27.4 Å². The number of rotatable bonds is 2. The zero-order valence-corrected chi connectivity index (χ0v) is 15.9. The summed E-state index contributed by atoms with van der Waals surface area (Å²) in [6.45, 7) is 0.613. The van der Waals surface area contributed by atoms with Crippen molar-refractivity contribution in [2.75, 3.05) is 13.1 Å². The second kappa shape index (κ2) is 7.47. The fraction of sp³-hybridized carbons (Fsp3) is 0.250. The van der Waals surface area contributed by atoms with Crippen LogP contribution in [-0.4, -0.2) is 31.7 Å². The molecular weight excluding hydrogens is 434 g/mol. The van der Waals surface area contributed by atoms with Crippen molar-refractivity contribution in [2.24, 2.45) is 5.14 Å². The number of phenolic OH excluding ortho intramolecular Hbond substituents is 2. The van der Waals surface area contributed by atoms with Gasteiger partial charge in [0.05, 0.1) is 4.90 Å². The first kappa shape index (κ1) is 20.6. The van der Waals surface area contributed by atoms with Gasteiger partial charge < -0.3 is 15.5 Å². The molecule has 142 valence electrons. The average Bonchev–Trinajstić information content (AvgIpc) is 2.80. The molecule has 0 saturated carbocycles. The van der Waals surface area contributed by atoms with Crippen LogP contribution in [0.3, 0.4) is 0 Å². The highest BCUT2D eigenvalue weighted by Crippen LogP contribution is 2.42. The zero-order chi connectivity index (χ0) is 18.4. The van der Waals surface area contributed by atoms with E-state index < -0.39 is 39.1 Å². The lowest BCUT2D eigenvalue weighted by molar-refractivity contribution is 0.353. The van der Waals surface area contributed by atoms with E-state index in [1.165, 1.54) is 24.3 Å². The first-order chi connectivity index (χ1) is 11.7. The van der Waals surface area contributed by atoms with Gasteiger partial charge in [0.2, 0.25) is 10.0 Å². The van der Waals surface area contributed by atoms with Gasteiger partial charge in [-0.3, -0.25) is 0 Å². The minimum atomic E-state index is -3.87. The number of nitrogens with one attached hydrogen (secondary N) is 1. The Labute approximate surface area is 159 Å². The molecule has 2 aromatic rings. The molecule has 1 aliphatic heterocycles. The van der Waals surface area contributed by atoms with Crippen LogP contribution in [0.1, 0.15) is 22.6 Å². The lowest BCUT2D eigenvalue weighted by Crippen LogP contribution is -2.21. The zero-order valence-electron chi connectivity index (χ0n) is 13.4. The fourth-order valence-corrected chi connectivity index (χ4v) is 3.59. The van der Waals surface area contributed by atoms with E-state index in [4.69, 9.17) is 5.14 Å². The summed E-state index contributed by atoms with van der Waals surface area (Å²) in [5.74, 6) is -5.05. The topological polar surface area (TPSA) is 113 Å². The maximum absolute atomic E-state index is 14.6. The van der Waals surface area contributed by atoms with Crippen LogP contribution in [0.5, 0.6) is 11.5 Å². The molecule has 6 nitrogen and oxygen atoms in total. The monoisotopic (exact) mass is 450 g/mol. The number of fused-ring (bicyclic) bond motifs is 1. The molecule has 0 fully saturated rings. The summed E-state index contributed by atoms with van der Waals surface area (Å²) in [6.07, 6.45) is 0.137. The first-order valence-electron chi connectivity index (χ1n) is 7.47. The number of benzene rings is 2. The molecule has 1 unspecified atom stereocenters. The Balaban J connectivity index is 0.00000243. The molecule has 0 aliphatic carbocycles. The molecule has 3 rings (SSSR count). The molecule has 0 aromatic heterocycles. The normalized spacial score (nSPS) is 17.1. The number of sulfonamides is 1. The minimum Gasteiger partial charge on any atom is -0.502 e. The number of halogens is 3. The number of hydrogen-bond donors (Lipinski definition) is 4. The predicted octanol–water partition coefficient (Wildman–Crippen LogP) is 1.88. The molecule has 5 N–H and O–H groups in total. The van der Waals surface area contributed by atoms with Gasteiger partial charge in [-0.15, -0.1) is 17.0 Å². The summed E-state index contributed by atoms with van der Waals surface area (Å²) < 4.78 is 51.6. The van der Waals surface area contributed by atoms with Gasteiger partial charge in [-0.2, -0.15) is 0 Å². The molecule has 1 atom stereocenters. The maximum atomic E-state index is 14.6. The van der Waals surface area contributed by atoms with Crippen molar-refractivity contribution in [1.82, 2.24) is 5.32 Å². The number of phenols is 2. The standard InChI is InChI=1S/C16H16F2N2O4S.BrH/c17-13-10-5-6-20-7-11(12(10)14(18)16(22)15(13)21)8-1-3-9(4-2-8)25(19,23)24;/h1-4,11,20-22H,5-7H2,(H2,19,23,24);1H. The summed E-state index contributed by atoms with van der Waals surface area (Å²) in [7, 11) is -3.87. The fourth-order valence-electron chi connectivity index (χ4n) is 3.07. The van der Waals surface area contributed by atoms with Crippen LogP contribution in [0.4, 0.5) is 8.78 Å². The minimum absolute atomic E-state index is 0. The van der Waals surface area contributed by atoms with Crippen molar-refractivity contribution in [3.63, 3.8) is 0 Å². The van der Waals surface area contributed by atoms with Crippen molar-refractivity contribution in [1.29, 1.82) is 0 Å². The number of nitrogens with two attached hydrogens (primary N) is 1. The number of aromatic hydroxyl groups is 2. The van der Waals surface area contributed by atoms with Crippen LogP contribution in [0.15, 0.2) is 29.2 Å².